The fourth-order valence-electron chi connectivity index (χ4n) is 1.13. The van der Waals surface area contributed by atoms with Gasteiger partial charge in [-0.25, -0.2) is 4.79 Å². The van der Waals surface area contributed by atoms with E-state index in [1.807, 2.05) is 13.0 Å². The van der Waals surface area contributed by atoms with Crippen molar-refractivity contribution in [2.45, 2.75) is 59.2 Å². The largest absolute Gasteiger partial charge is 0.463 e. The van der Waals surface area contributed by atoms with Crippen LogP contribution in [0.15, 0.2) is 11.6 Å². The predicted octanol–water partition coefficient (Wildman–Crippen LogP) is 3.91. The fraction of sp³-hybridized carbons (Fsp3) is 0.786. The molecule has 0 unspecified atom stereocenters. The van der Waals surface area contributed by atoms with Crippen molar-refractivity contribution in [3.63, 3.8) is 0 Å². The molecule has 0 heterocycles. The van der Waals surface area contributed by atoms with Crippen LogP contribution in [-0.4, -0.2) is 27.5 Å². The van der Waals surface area contributed by atoms with Gasteiger partial charge in [-0.1, -0.05) is 26.8 Å². The third kappa shape index (κ3) is 5.82. The van der Waals surface area contributed by atoms with Crippen LogP contribution in [0.2, 0.25) is 18.1 Å². The number of ether oxygens (including phenoxy) is 1. The Morgan fingerprint density at radius 1 is 1.28 bits per heavy atom. The lowest BCUT2D eigenvalue weighted by molar-refractivity contribution is -0.138. The van der Waals surface area contributed by atoms with Gasteiger partial charge in [0.15, 0.2) is 8.32 Å². The second kappa shape index (κ2) is 7.09. The van der Waals surface area contributed by atoms with Crippen LogP contribution in [0.4, 0.5) is 0 Å². The molecular weight excluding hydrogens is 244 g/mol. The molecule has 3 nitrogen and oxygen atoms in total. The summed E-state index contributed by atoms with van der Waals surface area (Å²) in [6, 6.07) is 0. The van der Waals surface area contributed by atoms with Crippen LogP contribution in [0, 0.1) is 0 Å². The van der Waals surface area contributed by atoms with E-state index in [4.69, 9.17) is 9.16 Å². The highest BCUT2D eigenvalue weighted by atomic mass is 28.4. The summed E-state index contributed by atoms with van der Waals surface area (Å²) in [7, 11) is -1.66. The van der Waals surface area contributed by atoms with Crippen LogP contribution in [-0.2, 0) is 14.0 Å². The molecule has 0 rings (SSSR count). The van der Waals surface area contributed by atoms with Gasteiger partial charge < -0.3 is 9.16 Å². The third-order valence-electron chi connectivity index (χ3n) is 3.43. The molecule has 4 heteroatoms. The van der Waals surface area contributed by atoms with Crippen molar-refractivity contribution in [1.82, 2.24) is 0 Å². The highest BCUT2D eigenvalue weighted by Gasteiger charge is 2.36. The molecule has 0 spiro atoms. The molecule has 0 aromatic rings. The first-order valence-corrected chi connectivity index (χ1v) is 9.50. The SMILES string of the molecule is CCOC(=O)/C(C)=C\CCO[Si](C)(C)C(C)(C)C. The van der Waals surface area contributed by atoms with Gasteiger partial charge in [0.05, 0.1) is 6.61 Å². The number of hydrogen-bond acceptors (Lipinski definition) is 3. The molecule has 0 aliphatic carbocycles. The van der Waals surface area contributed by atoms with Gasteiger partial charge in [0, 0.05) is 12.2 Å². The summed E-state index contributed by atoms with van der Waals surface area (Å²) in [5.74, 6) is -0.232. The zero-order valence-corrected chi connectivity index (χ0v) is 13.9. The van der Waals surface area contributed by atoms with E-state index in [-0.39, 0.29) is 11.0 Å². The minimum atomic E-state index is -1.66. The van der Waals surface area contributed by atoms with Gasteiger partial charge in [0.25, 0.3) is 0 Å². The van der Waals surface area contributed by atoms with Gasteiger partial charge in [-0.15, -0.1) is 0 Å². The Balaban J connectivity index is 4.14. The molecule has 0 N–H and O–H groups in total. The summed E-state index contributed by atoms with van der Waals surface area (Å²) in [5.41, 5.74) is 0.663. The lowest BCUT2D eigenvalue weighted by Crippen LogP contribution is -2.40. The first-order chi connectivity index (χ1) is 8.12. The third-order valence-corrected chi connectivity index (χ3v) is 7.97. The Hall–Kier alpha value is -0.613. The maximum absolute atomic E-state index is 11.4. The molecule has 0 atom stereocenters. The van der Waals surface area contributed by atoms with Gasteiger partial charge in [-0.05, 0) is 38.4 Å². The summed E-state index contributed by atoms with van der Waals surface area (Å²) in [6.07, 6.45) is 2.66. The molecule has 0 amide bonds. The lowest BCUT2D eigenvalue weighted by Gasteiger charge is -2.36. The van der Waals surface area contributed by atoms with Crippen LogP contribution < -0.4 is 0 Å². The van der Waals surface area contributed by atoms with Gasteiger partial charge >= 0.3 is 5.97 Å². The predicted molar refractivity (Wildman–Crippen MR) is 78.2 cm³/mol. The van der Waals surface area contributed by atoms with E-state index in [0.29, 0.717) is 18.8 Å². The lowest BCUT2D eigenvalue weighted by atomic mass is 10.2. The van der Waals surface area contributed by atoms with Gasteiger partial charge in [0.1, 0.15) is 0 Å². The highest BCUT2D eigenvalue weighted by Crippen LogP contribution is 2.36. The number of rotatable bonds is 6. The van der Waals surface area contributed by atoms with Crippen LogP contribution >= 0.6 is 0 Å². The van der Waals surface area contributed by atoms with E-state index in [0.717, 1.165) is 6.42 Å². The minimum absolute atomic E-state index is 0.229. The molecule has 0 aromatic heterocycles. The highest BCUT2D eigenvalue weighted by molar-refractivity contribution is 6.74. The normalized spacial score (nSPS) is 13.6. The summed E-state index contributed by atoms with van der Waals surface area (Å²) >= 11 is 0. The molecule has 0 saturated carbocycles. The molecular formula is C14H28O3Si. The molecule has 0 aliphatic rings. The Kier molecular flexibility index (Phi) is 6.85. The molecule has 0 fully saturated rings. The fourth-order valence-corrected chi connectivity index (χ4v) is 2.20. The summed E-state index contributed by atoms with van der Waals surface area (Å²) in [5, 5.41) is 0.229. The van der Waals surface area contributed by atoms with Gasteiger partial charge in [-0.3, -0.25) is 0 Å². The molecule has 0 bridgehead atoms. The van der Waals surface area contributed by atoms with Crippen molar-refractivity contribution in [3.8, 4) is 0 Å². The van der Waals surface area contributed by atoms with Gasteiger partial charge in [0.2, 0.25) is 0 Å². The van der Waals surface area contributed by atoms with Crippen LogP contribution in [0.25, 0.3) is 0 Å². The maximum atomic E-state index is 11.4. The minimum Gasteiger partial charge on any atom is -0.463 e. The zero-order valence-electron chi connectivity index (χ0n) is 12.9. The van der Waals surface area contributed by atoms with Gasteiger partial charge in [-0.2, -0.15) is 0 Å². The van der Waals surface area contributed by atoms with E-state index in [9.17, 15) is 4.79 Å². The molecule has 0 radical (unpaired) electrons. The molecule has 0 aliphatic heterocycles. The second-order valence-corrected chi connectivity index (χ2v) is 10.8. The molecule has 18 heavy (non-hydrogen) atoms. The van der Waals surface area contributed by atoms with E-state index in [1.54, 1.807) is 6.92 Å². The Morgan fingerprint density at radius 3 is 2.28 bits per heavy atom. The van der Waals surface area contributed by atoms with E-state index < -0.39 is 8.32 Å². The van der Waals surface area contributed by atoms with Crippen molar-refractivity contribution < 1.29 is 14.0 Å². The van der Waals surface area contributed by atoms with E-state index >= 15 is 0 Å². The Labute approximate surface area is 113 Å². The first-order valence-electron chi connectivity index (χ1n) is 6.59. The zero-order chi connectivity index (χ0) is 14.4. The van der Waals surface area contributed by atoms with E-state index in [2.05, 4.69) is 33.9 Å². The average molecular weight is 272 g/mol. The number of carbonyl (C=O) groups is 1. The number of carbonyl (C=O) groups excluding carboxylic acids is 1. The van der Waals surface area contributed by atoms with Crippen molar-refractivity contribution in [2.24, 2.45) is 0 Å². The van der Waals surface area contributed by atoms with Crippen molar-refractivity contribution in [2.75, 3.05) is 13.2 Å². The van der Waals surface area contributed by atoms with E-state index in [1.165, 1.54) is 0 Å². The molecule has 106 valence electrons. The topological polar surface area (TPSA) is 35.5 Å². The average Bonchev–Trinajstić information content (AvgIpc) is 2.22. The summed E-state index contributed by atoms with van der Waals surface area (Å²) < 4.78 is 10.9. The molecule has 0 aromatic carbocycles. The maximum Gasteiger partial charge on any atom is 0.333 e. The Bertz CT molecular complexity index is 301. The quantitative estimate of drug-likeness (QED) is 0.318. The standard InChI is InChI=1S/C14H28O3Si/c1-8-16-13(15)12(2)10-9-11-17-18(6,7)14(3,4)5/h10H,8-9,11H2,1-7H3/b12-10-. The van der Waals surface area contributed by atoms with Crippen molar-refractivity contribution in [1.29, 1.82) is 0 Å². The second-order valence-electron chi connectivity index (χ2n) is 6.01. The number of esters is 1. The smallest absolute Gasteiger partial charge is 0.333 e. The summed E-state index contributed by atoms with van der Waals surface area (Å²) in [4.78, 5) is 11.4. The van der Waals surface area contributed by atoms with Crippen molar-refractivity contribution >= 4 is 14.3 Å². The number of hydrogen-bond donors (Lipinski definition) is 0. The molecule has 0 saturated heterocycles. The van der Waals surface area contributed by atoms with Crippen LogP contribution in [0.1, 0.15) is 41.0 Å². The Morgan fingerprint density at radius 2 is 1.83 bits per heavy atom. The van der Waals surface area contributed by atoms with Crippen LogP contribution in [0.3, 0.4) is 0 Å². The monoisotopic (exact) mass is 272 g/mol. The first kappa shape index (κ1) is 17.4. The van der Waals surface area contributed by atoms with Crippen molar-refractivity contribution in [3.05, 3.63) is 11.6 Å². The summed E-state index contributed by atoms with van der Waals surface area (Å²) in [6.45, 7) is 15.8. The van der Waals surface area contributed by atoms with Crippen LogP contribution in [0.5, 0.6) is 0 Å².